The normalized spacial score (nSPS) is 11.4. The molecule has 0 aliphatic heterocycles. The fourth-order valence-corrected chi connectivity index (χ4v) is 4.20. The third-order valence-electron chi connectivity index (χ3n) is 4.92. The van der Waals surface area contributed by atoms with Gasteiger partial charge in [0, 0.05) is 20.1 Å². The Bertz CT molecular complexity index is 941. The zero-order chi connectivity index (χ0) is 20.3. The van der Waals surface area contributed by atoms with Gasteiger partial charge in [-0.2, -0.15) is 5.10 Å². The van der Waals surface area contributed by atoms with Crippen molar-refractivity contribution in [1.82, 2.24) is 19.7 Å². The molecule has 150 valence electrons. The van der Waals surface area contributed by atoms with E-state index in [1.54, 1.807) is 29.9 Å². The van der Waals surface area contributed by atoms with Crippen molar-refractivity contribution in [3.05, 3.63) is 35.7 Å². The highest BCUT2D eigenvalue weighted by Crippen LogP contribution is 2.32. The lowest BCUT2D eigenvalue weighted by Gasteiger charge is -2.25. The Kier molecular flexibility index (Phi) is 6.31. The molecule has 0 fully saturated rings. The van der Waals surface area contributed by atoms with E-state index in [0.717, 1.165) is 41.2 Å². The van der Waals surface area contributed by atoms with Crippen molar-refractivity contribution in [3.63, 3.8) is 0 Å². The summed E-state index contributed by atoms with van der Waals surface area (Å²) in [6.07, 6.45) is 1.72. The van der Waals surface area contributed by atoms with Crippen LogP contribution in [0.5, 0.6) is 5.75 Å². The number of methoxy groups -OCH3 is 1. The predicted octanol–water partition coefficient (Wildman–Crippen LogP) is 3.34. The van der Waals surface area contributed by atoms with E-state index < -0.39 is 0 Å². The van der Waals surface area contributed by atoms with E-state index in [-0.39, 0.29) is 5.91 Å². The van der Waals surface area contributed by atoms with Crippen molar-refractivity contribution in [1.29, 1.82) is 0 Å². The van der Waals surface area contributed by atoms with Gasteiger partial charge in [0.2, 0.25) is 0 Å². The molecule has 0 saturated heterocycles. The molecule has 0 atom stereocenters. The SMILES string of the molecule is CCN(CC)CCN(C(=O)c1c(C)cnn1C)c1nc2ccc(OC)cc2s1. The molecule has 28 heavy (non-hydrogen) atoms. The van der Waals surface area contributed by atoms with Crippen molar-refractivity contribution in [2.45, 2.75) is 20.8 Å². The summed E-state index contributed by atoms with van der Waals surface area (Å²) in [5, 5.41) is 4.93. The highest BCUT2D eigenvalue weighted by molar-refractivity contribution is 7.22. The molecule has 0 spiro atoms. The van der Waals surface area contributed by atoms with E-state index in [9.17, 15) is 4.79 Å². The summed E-state index contributed by atoms with van der Waals surface area (Å²) in [5.41, 5.74) is 2.32. The molecule has 3 aromatic rings. The van der Waals surface area contributed by atoms with Crippen molar-refractivity contribution < 1.29 is 9.53 Å². The van der Waals surface area contributed by atoms with Gasteiger partial charge < -0.3 is 9.64 Å². The molecular weight excluding hydrogens is 374 g/mol. The van der Waals surface area contributed by atoms with E-state index in [2.05, 4.69) is 23.8 Å². The van der Waals surface area contributed by atoms with Gasteiger partial charge in [-0.05, 0) is 43.8 Å². The summed E-state index contributed by atoms with van der Waals surface area (Å²) in [6, 6.07) is 5.77. The Hall–Kier alpha value is -2.45. The summed E-state index contributed by atoms with van der Waals surface area (Å²) < 4.78 is 7.95. The number of carbonyl (C=O) groups excluding carboxylic acids is 1. The van der Waals surface area contributed by atoms with Gasteiger partial charge in [0.05, 0.1) is 23.5 Å². The fraction of sp³-hybridized carbons (Fsp3) is 0.450. The maximum Gasteiger partial charge on any atom is 0.278 e. The molecule has 2 heterocycles. The lowest BCUT2D eigenvalue weighted by Crippen LogP contribution is -2.39. The van der Waals surface area contributed by atoms with Gasteiger partial charge in [-0.15, -0.1) is 0 Å². The zero-order valence-electron chi connectivity index (χ0n) is 17.1. The lowest BCUT2D eigenvalue weighted by atomic mass is 10.2. The Morgan fingerprint density at radius 1 is 1.25 bits per heavy atom. The van der Waals surface area contributed by atoms with Gasteiger partial charge in [0.15, 0.2) is 5.13 Å². The van der Waals surface area contributed by atoms with Crippen LogP contribution in [0.1, 0.15) is 29.9 Å². The molecule has 0 radical (unpaired) electrons. The van der Waals surface area contributed by atoms with Gasteiger partial charge in [-0.25, -0.2) is 4.98 Å². The molecule has 2 aromatic heterocycles. The Balaban J connectivity index is 1.99. The highest BCUT2D eigenvalue weighted by atomic mass is 32.1. The van der Waals surface area contributed by atoms with Crippen molar-refractivity contribution in [2.24, 2.45) is 7.05 Å². The molecule has 0 unspecified atom stereocenters. The molecule has 3 rings (SSSR count). The summed E-state index contributed by atoms with van der Waals surface area (Å²) in [5.74, 6) is 0.710. The predicted molar refractivity (Wildman–Crippen MR) is 114 cm³/mol. The first kappa shape index (κ1) is 20.3. The van der Waals surface area contributed by atoms with Crippen LogP contribution < -0.4 is 9.64 Å². The summed E-state index contributed by atoms with van der Waals surface area (Å²) in [6.45, 7) is 9.42. The first-order valence-corrected chi connectivity index (χ1v) is 10.3. The molecule has 8 heteroatoms. The van der Waals surface area contributed by atoms with Crippen LogP contribution in [0.4, 0.5) is 5.13 Å². The summed E-state index contributed by atoms with van der Waals surface area (Å²) in [7, 11) is 3.44. The number of thiazole rings is 1. The smallest absolute Gasteiger partial charge is 0.278 e. The number of benzene rings is 1. The fourth-order valence-electron chi connectivity index (χ4n) is 3.18. The molecular formula is C20H27N5O2S. The first-order chi connectivity index (χ1) is 13.5. The van der Waals surface area contributed by atoms with Gasteiger partial charge in [-0.3, -0.25) is 14.4 Å². The second-order valence-corrected chi connectivity index (χ2v) is 7.62. The second-order valence-electron chi connectivity index (χ2n) is 6.61. The van der Waals surface area contributed by atoms with Crippen LogP contribution in [-0.4, -0.2) is 58.9 Å². The molecule has 0 saturated carbocycles. The van der Waals surface area contributed by atoms with E-state index in [0.29, 0.717) is 17.4 Å². The van der Waals surface area contributed by atoms with Gasteiger partial charge in [-0.1, -0.05) is 25.2 Å². The number of amides is 1. The van der Waals surface area contributed by atoms with Crippen LogP contribution in [0.25, 0.3) is 10.2 Å². The maximum atomic E-state index is 13.4. The van der Waals surface area contributed by atoms with E-state index >= 15 is 0 Å². The molecule has 1 amide bonds. The van der Waals surface area contributed by atoms with E-state index in [1.807, 2.05) is 25.1 Å². The number of hydrogen-bond acceptors (Lipinski definition) is 6. The third-order valence-corrected chi connectivity index (χ3v) is 5.96. The van der Waals surface area contributed by atoms with Crippen LogP contribution >= 0.6 is 11.3 Å². The molecule has 7 nitrogen and oxygen atoms in total. The first-order valence-electron chi connectivity index (χ1n) is 9.45. The van der Waals surface area contributed by atoms with Crippen molar-refractivity contribution >= 4 is 32.6 Å². The number of anilines is 1. The third kappa shape index (κ3) is 4.02. The average Bonchev–Trinajstić information content (AvgIpc) is 3.26. The van der Waals surface area contributed by atoms with Gasteiger partial charge in [0.25, 0.3) is 5.91 Å². The number of likely N-dealkylation sites (N-methyl/N-ethyl adjacent to an activating group) is 1. The minimum atomic E-state index is -0.0734. The topological polar surface area (TPSA) is 63.5 Å². The highest BCUT2D eigenvalue weighted by Gasteiger charge is 2.25. The van der Waals surface area contributed by atoms with Crippen LogP contribution in [0, 0.1) is 6.92 Å². The maximum absolute atomic E-state index is 13.4. The number of nitrogens with zero attached hydrogens (tertiary/aromatic N) is 5. The number of ether oxygens (including phenoxy) is 1. The number of carbonyl (C=O) groups is 1. The lowest BCUT2D eigenvalue weighted by molar-refractivity contribution is 0.0974. The number of rotatable bonds is 8. The van der Waals surface area contributed by atoms with Crippen LogP contribution in [-0.2, 0) is 7.05 Å². The number of aromatic nitrogens is 3. The minimum absolute atomic E-state index is 0.0734. The second kappa shape index (κ2) is 8.70. The van der Waals surface area contributed by atoms with Crippen molar-refractivity contribution in [3.8, 4) is 5.75 Å². The van der Waals surface area contributed by atoms with E-state index in [1.165, 1.54) is 11.3 Å². The van der Waals surface area contributed by atoms with Crippen LogP contribution in [0.15, 0.2) is 24.4 Å². The number of fused-ring (bicyclic) bond motifs is 1. The molecule has 0 bridgehead atoms. The van der Waals surface area contributed by atoms with Crippen molar-refractivity contribution in [2.75, 3.05) is 38.2 Å². The van der Waals surface area contributed by atoms with Crippen LogP contribution in [0.2, 0.25) is 0 Å². The largest absolute Gasteiger partial charge is 0.497 e. The number of aryl methyl sites for hydroxylation is 2. The van der Waals surface area contributed by atoms with Gasteiger partial charge in [0.1, 0.15) is 11.4 Å². The Labute approximate surface area is 169 Å². The van der Waals surface area contributed by atoms with E-state index in [4.69, 9.17) is 9.72 Å². The molecule has 0 aliphatic rings. The summed E-state index contributed by atoms with van der Waals surface area (Å²) in [4.78, 5) is 22.2. The monoisotopic (exact) mass is 401 g/mol. The molecule has 0 aliphatic carbocycles. The van der Waals surface area contributed by atoms with Crippen LogP contribution in [0.3, 0.4) is 0 Å². The average molecular weight is 402 g/mol. The zero-order valence-corrected chi connectivity index (χ0v) is 17.9. The Morgan fingerprint density at radius 2 is 2.00 bits per heavy atom. The summed E-state index contributed by atoms with van der Waals surface area (Å²) >= 11 is 1.50. The van der Waals surface area contributed by atoms with Gasteiger partial charge >= 0.3 is 0 Å². The molecule has 0 N–H and O–H groups in total. The Morgan fingerprint density at radius 3 is 2.61 bits per heavy atom. The quantitative estimate of drug-likeness (QED) is 0.579. The molecule has 1 aromatic carbocycles. The minimum Gasteiger partial charge on any atom is -0.497 e. The number of hydrogen-bond donors (Lipinski definition) is 0. The standard InChI is InChI=1S/C20H27N5O2S/c1-6-24(7-2)10-11-25(19(26)18-14(3)13-21-23(18)4)20-22-16-9-8-15(27-5)12-17(16)28-20/h8-9,12-13H,6-7,10-11H2,1-5H3.